The molecule has 1 aliphatic heterocycles. The molecule has 4 rings (SSSR count). The first-order valence-corrected chi connectivity index (χ1v) is 12.2. The average molecular weight is 446 g/mol. The Morgan fingerprint density at radius 3 is 2.26 bits per heavy atom. The van der Waals surface area contributed by atoms with E-state index < -0.39 is 15.8 Å². The standard InChI is InChI=1S/C23H28FN3O3S/c1-17-16-21(10-11-22(17)24)31(29,30)25-19-8-6-18(7-9-19)23(28)27-14-12-26(13-15-27)20-4-2-3-5-20/h6-11,16,20,25H,2-5,12-15H2,1H3. The topological polar surface area (TPSA) is 69.7 Å². The predicted octanol–water partition coefficient (Wildman–Crippen LogP) is 3.64. The summed E-state index contributed by atoms with van der Waals surface area (Å²) in [4.78, 5) is 17.2. The lowest BCUT2D eigenvalue weighted by molar-refractivity contribution is 0.0573. The number of piperazine rings is 1. The fraction of sp³-hybridized carbons (Fsp3) is 0.435. The number of carbonyl (C=O) groups excluding carboxylic acids is 1. The van der Waals surface area contributed by atoms with Gasteiger partial charge in [-0.1, -0.05) is 12.8 Å². The van der Waals surface area contributed by atoms with Gasteiger partial charge in [0.15, 0.2) is 0 Å². The molecule has 1 N–H and O–H groups in total. The maximum atomic E-state index is 13.4. The van der Waals surface area contributed by atoms with Crippen LogP contribution in [0.4, 0.5) is 10.1 Å². The van der Waals surface area contributed by atoms with E-state index in [0.717, 1.165) is 19.2 Å². The molecule has 1 saturated heterocycles. The third-order valence-corrected chi connectivity index (χ3v) is 7.65. The number of halogens is 1. The number of hydrogen-bond acceptors (Lipinski definition) is 4. The Labute approximate surface area is 183 Å². The zero-order chi connectivity index (χ0) is 22.0. The van der Waals surface area contributed by atoms with E-state index in [1.54, 1.807) is 24.3 Å². The quantitative estimate of drug-likeness (QED) is 0.763. The summed E-state index contributed by atoms with van der Waals surface area (Å²) in [5.41, 5.74) is 1.15. The summed E-state index contributed by atoms with van der Waals surface area (Å²) in [5.74, 6) is -0.486. The number of carbonyl (C=O) groups is 1. The molecule has 31 heavy (non-hydrogen) atoms. The van der Waals surface area contributed by atoms with E-state index in [2.05, 4.69) is 9.62 Å². The van der Waals surface area contributed by atoms with Crippen LogP contribution >= 0.6 is 0 Å². The van der Waals surface area contributed by atoms with Gasteiger partial charge in [0.1, 0.15) is 5.82 Å². The van der Waals surface area contributed by atoms with Crippen LogP contribution in [-0.2, 0) is 10.0 Å². The smallest absolute Gasteiger partial charge is 0.261 e. The Morgan fingerprint density at radius 1 is 1.00 bits per heavy atom. The van der Waals surface area contributed by atoms with Crippen LogP contribution < -0.4 is 4.72 Å². The molecule has 1 amide bonds. The van der Waals surface area contributed by atoms with Crippen molar-refractivity contribution in [3.05, 3.63) is 59.4 Å². The van der Waals surface area contributed by atoms with Crippen molar-refractivity contribution in [2.45, 2.75) is 43.5 Å². The van der Waals surface area contributed by atoms with E-state index in [4.69, 9.17) is 0 Å². The van der Waals surface area contributed by atoms with Crippen LogP contribution in [-0.4, -0.2) is 56.3 Å². The normalized spacial score (nSPS) is 18.3. The molecule has 1 heterocycles. The van der Waals surface area contributed by atoms with E-state index in [1.807, 2.05) is 4.90 Å². The zero-order valence-electron chi connectivity index (χ0n) is 17.7. The van der Waals surface area contributed by atoms with Gasteiger partial charge in [-0.3, -0.25) is 14.4 Å². The highest BCUT2D eigenvalue weighted by Gasteiger charge is 2.28. The fourth-order valence-corrected chi connectivity index (χ4v) is 5.56. The number of sulfonamides is 1. The SMILES string of the molecule is Cc1cc(S(=O)(=O)Nc2ccc(C(=O)N3CCN(C4CCCC4)CC3)cc2)ccc1F. The van der Waals surface area contributed by atoms with Crippen LogP contribution in [0.5, 0.6) is 0 Å². The van der Waals surface area contributed by atoms with Crippen molar-refractivity contribution in [2.24, 2.45) is 0 Å². The lowest BCUT2D eigenvalue weighted by Gasteiger charge is -2.38. The van der Waals surface area contributed by atoms with Gasteiger partial charge in [-0.05, 0) is 67.8 Å². The number of benzene rings is 2. The number of nitrogens with zero attached hydrogens (tertiary/aromatic N) is 2. The van der Waals surface area contributed by atoms with E-state index in [0.29, 0.717) is 30.4 Å². The van der Waals surface area contributed by atoms with Gasteiger partial charge in [0.2, 0.25) is 0 Å². The summed E-state index contributed by atoms with van der Waals surface area (Å²) >= 11 is 0. The fourth-order valence-electron chi connectivity index (χ4n) is 4.42. The van der Waals surface area contributed by atoms with E-state index >= 15 is 0 Å². The van der Waals surface area contributed by atoms with E-state index in [-0.39, 0.29) is 16.4 Å². The average Bonchev–Trinajstić information content (AvgIpc) is 3.30. The first-order valence-electron chi connectivity index (χ1n) is 10.8. The van der Waals surface area contributed by atoms with Crippen LogP contribution in [0.1, 0.15) is 41.6 Å². The van der Waals surface area contributed by atoms with Gasteiger partial charge in [-0.2, -0.15) is 0 Å². The Bertz CT molecular complexity index is 1040. The highest BCUT2D eigenvalue weighted by Crippen LogP contribution is 2.25. The summed E-state index contributed by atoms with van der Waals surface area (Å²) in [6.07, 6.45) is 5.15. The summed E-state index contributed by atoms with van der Waals surface area (Å²) in [5, 5.41) is 0. The monoisotopic (exact) mass is 445 g/mol. The second-order valence-corrected chi connectivity index (χ2v) is 10.0. The minimum atomic E-state index is -3.84. The highest BCUT2D eigenvalue weighted by atomic mass is 32.2. The number of hydrogen-bond donors (Lipinski definition) is 1. The minimum Gasteiger partial charge on any atom is -0.336 e. The molecule has 2 fully saturated rings. The van der Waals surface area contributed by atoms with Crippen LogP contribution in [0.3, 0.4) is 0 Å². The van der Waals surface area contributed by atoms with E-state index in [1.165, 1.54) is 44.7 Å². The molecule has 2 aromatic rings. The van der Waals surface area contributed by atoms with Crippen LogP contribution in [0.25, 0.3) is 0 Å². The van der Waals surface area contributed by atoms with Gasteiger partial charge in [0.05, 0.1) is 4.90 Å². The summed E-state index contributed by atoms with van der Waals surface area (Å²) in [6.45, 7) is 4.76. The van der Waals surface area contributed by atoms with Gasteiger partial charge >= 0.3 is 0 Å². The molecule has 0 radical (unpaired) electrons. The van der Waals surface area contributed by atoms with Gasteiger partial charge < -0.3 is 4.90 Å². The minimum absolute atomic E-state index is 0.00770. The number of amides is 1. The van der Waals surface area contributed by atoms with E-state index in [9.17, 15) is 17.6 Å². The van der Waals surface area contributed by atoms with Crippen LogP contribution in [0, 0.1) is 12.7 Å². The van der Waals surface area contributed by atoms with Crippen molar-refractivity contribution in [1.82, 2.24) is 9.80 Å². The van der Waals surface area contributed by atoms with Gasteiger partial charge in [-0.15, -0.1) is 0 Å². The molecule has 2 aliphatic rings. The first kappa shape index (κ1) is 21.8. The lowest BCUT2D eigenvalue weighted by Crippen LogP contribution is -2.51. The molecule has 0 aromatic heterocycles. The predicted molar refractivity (Wildman–Crippen MR) is 118 cm³/mol. The molecule has 8 heteroatoms. The lowest BCUT2D eigenvalue weighted by atomic mass is 10.1. The second-order valence-electron chi connectivity index (χ2n) is 8.36. The van der Waals surface area contributed by atoms with Crippen LogP contribution in [0.2, 0.25) is 0 Å². The summed E-state index contributed by atoms with van der Waals surface area (Å²) < 4.78 is 41.0. The Morgan fingerprint density at radius 2 is 1.65 bits per heavy atom. The molecule has 0 spiro atoms. The Kier molecular flexibility index (Phi) is 6.29. The van der Waals surface area contributed by atoms with Crippen molar-refractivity contribution in [3.8, 4) is 0 Å². The number of anilines is 1. The largest absolute Gasteiger partial charge is 0.336 e. The molecule has 2 aromatic carbocycles. The number of aryl methyl sites for hydroxylation is 1. The molecular formula is C23H28FN3O3S. The number of nitrogens with one attached hydrogen (secondary N) is 1. The van der Waals surface area contributed by atoms with Crippen LogP contribution in [0.15, 0.2) is 47.4 Å². The maximum Gasteiger partial charge on any atom is 0.261 e. The molecule has 1 aliphatic carbocycles. The molecular weight excluding hydrogens is 417 g/mol. The van der Waals surface area contributed by atoms with Gasteiger partial charge in [-0.25, -0.2) is 12.8 Å². The molecule has 1 saturated carbocycles. The maximum absolute atomic E-state index is 13.4. The molecule has 6 nitrogen and oxygen atoms in total. The molecule has 0 unspecified atom stereocenters. The summed E-state index contributed by atoms with van der Waals surface area (Å²) in [7, 11) is -3.84. The molecule has 166 valence electrons. The summed E-state index contributed by atoms with van der Waals surface area (Å²) in [6, 6.07) is 10.8. The van der Waals surface area contributed by atoms with Crippen molar-refractivity contribution in [2.75, 3.05) is 30.9 Å². The van der Waals surface area contributed by atoms with Gasteiger partial charge in [0.25, 0.3) is 15.9 Å². The molecule has 0 bridgehead atoms. The van der Waals surface area contributed by atoms with Crippen molar-refractivity contribution >= 4 is 21.6 Å². The third kappa shape index (κ3) is 4.91. The zero-order valence-corrected chi connectivity index (χ0v) is 18.5. The van der Waals surface area contributed by atoms with Crippen molar-refractivity contribution in [1.29, 1.82) is 0 Å². The Balaban J connectivity index is 1.37. The third-order valence-electron chi connectivity index (χ3n) is 6.27. The first-order chi connectivity index (χ1) is 14.8. The Hall–Kier alpha value is -2.45. The van der Waals surface area contributed by atoms with Crippen molar-refractivity contribution in [3.63, 3.8) is 0 Å². The highest BCUT2D eigenvalue weighted by molar-refractivity contribution is 7.92. The molecule has 0 atom stereocenters. The van der Waals surface area contributed by atoms with Crippen molar-refractivity contribution < 1.29 is 17.6 Å². The van der Waals surface area contributed by atoms with Gasteiger partial charge in [0, 0.05) is 43.5 Å². The second kappa shape index (κ2) is 8.96. The number of rotatable bonds is 5.